The van der Waals surface area contributed by atoms with Gasteiger partial charge in [0.2, 0.25) is 0 Å². The van der Waals surface area contributed by atoms with Crippen LogP contribution in [-0.4, -0.2) is 119 Å². The third-order valence-corrected chi connectivity index (χ3v) is 12.4. The molecule has 1 aromatic heterocycles. The minimum atomic E-state index is 0.0250. The maximum Gasteiger partial charge on any atom is 0.115 e. The van der Waals surface area contributed by atoms with Crippen molar-refractivity contribution in [3.63, 3.8) is 0 Å². The summed E-state index contributed by atoms with van der Waals surface area (Å²) in [6, 6.07) is 24.4. The SMILES string of the molecule is [B]c1c([B])c([B])c2c([B])c(-c3c4c([B])c([B])c([B])c([B])c4c(-c4ccc(-c5ccc(-n6c(CC)nc7ccccc76)cc5)cc4)c4c([B])c([B])c([B])c(C)c34)c([B])c([B])c2c1[B]. The molecule has 0 unspecified atom stereocenters. The lowest BCUT2D eigenvalue weighted by molar-refractivity contribution is 0.908. The number of aryl methyl sites for hydroxylation is 2. The van der Waals surface area contributed by atoms with Crippen LogP contribution in [-0.2, 0) is 6.42 Å². The lowest BCUT2D eigenvalue weighted by Crippen LogP contribution is -2.52. The van der Waals surface area contributed by atoms with Gasteiger partial charge in [0.1, 0.15) is 116 Å². The molecule has 9 rings (SSSR count). The largest absolute Gasteiger partial charge is 0.296 e. The smallest absolute Gasteiger partial charge is 0.115 e. The molecule has 0 saturated carbocycles. The minimum Gasteiger partial charge on any atom is -0.296 e. The van der Waals surface area contributed by atoms with Crippen LogP contribution in [0.15, 0.2) is 72.8 Å². The Hall–Kier alpha value is -5.08. The van der Waals surface area contributed by atoms with Crippen LogP contribution < -0.4 is 76.5 Å². The van der Waals surface area contributed by atoms with Gasteiger partial charge in [0, 0.05) is 12.1 Å². The van der Waals surface area contributed by atoms with Gasteiger partial charge >= 0.3 is 0 Å². The molecule has 0 amide bonds. The molecule has 0 aliphatic heterocycles. The van der Waals surface area contributed by atoms with Crippen LogP contribution in [0.4, 0.5) is 0 Å². The van der Waals surface area contributed by atoms with Crippen LogP contribution >= 0.6 is 0 Å². The van der Waals surface area contributed by atoms with Gasteiger partial charge < -0.3 is 0 Å². The molecule has 8 aromatic carbocycles. The molecule has 0 N–H and O–H groups in total. The Labute approximate surface area is 380 Å². The van der Waals surface area contributed by atoms with Crippen molar-refractivity contribution in [1.82, 2.24) is 9.55 Å². The topological polar surface area (TPSA) is 17.8 Å². The molecule has 0 aliphatic rings. The van der Waals surface area contributed by atoms with E-state index in [0.717, 1.165) is 40.1 Å². The van der Waals surface area contributed by atoms with Crippen molar-refractivity contribution in [1.29, 1.82) is 0 Å². The number of nitrogens with zero attached hydrogens (tertiary/aromatic N) is 2. The van der Waals surface area contributed by atoms with Gasteiger partial charge in [0.05, 0.1) is 11.0 Å². The van der Waals surface area contributed by atoms with E-state index in [2.05, 4.69) is 41.8 Å². The summed E-state index contributed by atoms with van der Waals surface area (Å²) >= 11 is 0. The van der Waals surface area contributed by atoms with E-state index >= 15 is 0 Å². The highest BCUT2D eigenvalue weighted by molar-refractivity contribution is 6.74. The van der Waals surface area contributed by atoms with Gasteiger partial charge in [0.15, 0.2) is 0 Å². The van der Waals surface area contributed by atoms with Crippen LogP contribution in [0.2, 0.25) is 0 Å². The summed E-state index contributed by atoms with van der Waals surface area (Å²) in [7, 11) is 94.4. The fraction of sp³-hybridized carbons (Fsp3) is 0.0652. The summed E-state index contributed by atoms with van der Waals surface area (Å²) in [6.07, 6.45) is 0.782. The summed E-state index contributed by atoms with van der Waals surface area (Å²) in [5.74, 6) is 0.978. The van der Waals surface area contributed by atoms with E-state index in [1.165, 1.54) is 0 Å². The molecule has 28 radical (unpaired) electrons. The fourth-order valence-electron chi connectivity index (χ4n) is 9.08. The first kappa shape index (κ1) is 42.2. The number of imidazole rings is 1. The second-order valence-corrected chi connectivity index (χ2v) is 15.6. The number of rotatable bonds is 5. The minimum absolute atomic E-state index is 0.0250. The molecule has 0 bridgehead atoms. The number of hydrogen-bond acceptors (Lipinski definition) is 1. The number of aromatic nitrogens is 2. The van der Waals surface area contributed by atoms with Crippen molar-refractivity contribution in [3.8, 4) is 39.1 Å². The predicted octanol–water partition coefficient (Wildman–Crippen LogP) is -4.53. The van der Waals surface area contributed by atoms with Crippen molar-refractivity contribution < 1.29 is 0 Å². The molecule has 1 heterocycles. The summed E-state index contributed by atoms with van der Waals surface area (Å²) in [4.78, 5) is 4.84. The van der Waals surface area contributed by atoms with Crippen LogP contribution in [0.1, 0.15) is 18.3 Å². The van der Waals surface area contributed by atoms with E-state index in [9.17, 15) is 0 Å². The highest BCUT2D eigenvalue weighted by Crippen LogP contribution is 2.42. The van der Waals surface area contributed by atoms with Gasteiger partial charge in [-0.1, -0.05) is 105 Å². The van der Waals surface area contributed by atoms with Crippen LogP contribution in [0, 0.1) is 6.92 Å². The molecule has 16 heteroatoms. The maximum absolute atomic E-state index is 7.11. The zero-order valence-corrected chi connectivity index (χ0v) is 34.1. The Morgan fingerprint density at radius 2 is 0.806 bits per heavy atom. The van der Waals surface area contributed by atoms with Crippen molar-refractivity contribution in [2.75, 3.05) is 0 Å². The fourth-order valence-corrected chi connectivity index (χ4v) is 9.08. The standard InChI is InChI=1S/C46H20B14N2/c1-3-23-61-21-6-4-5-7-22(21)62(23)20-14-12-18(13-15-20)17-8-10-19(11-9-17)25-27-24(16(2)33(47)42(56)35(27)49)26(29-28(25)36(50)43(57)44(58)37(29)51)30-34(48)31-32(39(53)38(30)52)41(55)46(60)45(59)40(31)54/h4-15H,3H2,1-2H3. The van der Waals surface area contributed by atoms with E-state index in [1.807, 2.05) is 42.5 Å². The van der Waals surface area contributed by atoms with E-state index < -0.39 is 0 Å². The van der Waals surface area contributed by atoms with Gasteiger partial charge in [0.25, 0.3) is 0 Å². The normalized spacial score (nSPS) is 11.7. The zero-order chi connectivity index (χ0) is 44.4. The van der Waals surface area contributed by atoms with Gasteiger partial charge in [-0.2, -0.15) is 0 Å². The first-order valence-corrected chi connectivity index (χ1v) is 19.7. The Morgan fingerprint density at radius 1 is 0.387 bits per heavy atom. The van der Waals surface area contributed by atoms with Gasteiger partial charge in [-0.25, -0.2) is 4.98 Å². The van der Waals surface area contributed by atoms with Crippen molar-refractivity contribution >= 4 is 230 Å². The third-order valence-electron chi connectivity index (χ3n) is 12.4. The summed E-state index contributed by atoms with van der Waals surface area (Å²) < 4.78 is 2.19. The number of benzene rings is 8. The van der Waals surface area contributed by atoms with Crippen LogP contribution in [0.25, 0.3) is 82.4 Å². The summed E-state index contributed by atoms with van der Waals surface area (Å²) in [6.45, 7) is 3.90. The first-order chi connectivity index (χ1) is 29.5. The second-order valence-electron chi connectivity index (χ2n) is 15.6. The van der Waals surface area contributed by atoms with E-state index in [4.69, 9.17) is 115 Å². The molecule has 0 aliphatic carbocycles. The lowest BCUT2D eigenvalue weighted by atomic mass is 9.57. The van der Waals surface area contributed by atoms with Crippen LogP contribution in [0.3, 0.4) is 0 Å². The molecule has 62 heavy (non-hydrogen) atoms. The van der Waals surface area contributed by atoms with Gasteiger partial charge in [-0.3, -0.25) is 4.57 Å². The summed E-state index contributed by atoms with van der Waals surface area (Å²) in [5, 5.41) is 2.21. The Morgan fingerprint density at radius 3 is 1.35 bits per heavy atom. The molecular weight excluding hydrogens is 732 g/mol. The van der Waals surface area contributed by atoms with Crippen molar-refractivity contribution in [3.05, 3.63) is 84.2 Å². The van der Waals surface area contributed by atoms with Crippen molar-refractivity contribution in [2.24, 2.45) is 0 Å². The molecule has 0 saturated heterocycles. The Balaban J connectivity index is 1.34. The van der Waals surface area contributed by atoms with E-state index in [1.54, 1.807) is 6.92 Å². The highest BCUT2D eigenvalue weighted by Gasteiger charge is 2.27. The number of fused-ring (bicyclic) bond motifs is 4. The number of hydrogen-bond donors (Lipinski definition) is 0. The molecule has 0 atom stereocenters. The number of para-hydroxylation sites is 2. The average molecular weight is 752 g/mol. The second kappa shape index (κ2) is 15.3. The van der Waals surface area contributed by atoms with E-state index in [0.29, 0.717) is 43.8 Å². The highest BCUT2D eigenvalue weighted by atomic mass is 15.1. The Kier molecular flexibility index (Phi) is 10.4. The lowest BCUT2D eigenvalue weighted by Gasteiger charge is -2.31. The third kappa shape index (κ3) is 5.94. The van der Waals surface area contributed by atoms with Gasteiger partial charge in [-0.05, 0) is 96.9 Å². The van der Waals surface area contributed by atoms with Crippen LogP contribution in [0.5, 0.6) is 0 Å². The zero-order valence-electron chi connectivity index (χ0n) is 34.1. The van der Waals surface area contributed by atoms with Gasteiger partial charge in [-0.15, -0.1) is 32.8 Å². The average Bonchev–Trinajstić information content (AvgIpc) is 3.67. The quantitative estimate of drug-likeness (QED) is 0.128. The molecule has 9 aromatic rings. The first-order valence-electron chi connectivity index (χ1n) is 19.7. The molecule has 2 nitrogen and oxygen atoms in total. The predicted molar refractivity (Wildman–Crippen MR) is 279 cm³/mol. The maximum atomic E-state index is 7.11. The summed E-state index contributed by atoms with van der Waals surface area (Å²) in [5.41, 5.74) is 8.51. The Bertz CT molecular complexity index is 3350. The molecule has 256 valence electrons. The van der Waals surface area contributed by atoms with Crippen molar-refractivity contribution in [2.45, 2.75) is 20.3 Å². The van der Waals surface area contributed by atoms with E-state index in [-0.39, 0.29) is 92.8 Å². The molecule has 0 spiro atoms. The monoisotopic (exact) mass is 754 g/mol. The molecule has 0 fully saturated rings. The molecular formula is C46H20B14N2.